The second-order valence-corrected chi connectivity index (χ2v) is 5.00. The van der Waals surface area contributed by atoms with E-state index in [1.54, 1.807) is 6.20 Å². The quantitative estimate of drug-likeness (QED) is 0.934. The van der Waals surface area contributed by atoms with Crippen LogP contribution in [0.2, 0.25) is 0 Å². The van der Waals surface area contributed by atoms with Gasteiger partial charge in [0.15, 0.2) is 0 Å². The molecule has 0 spiro atoms. The Morgan fingerprint density at radius 1 is 1.38 bits per heavy atom. The molecule has 5 nitrogen and oxygen atoms in total. The molecule has 2 aromatic rings. The van der Waals surface area contributed by atoms with Gasteiger partial charge in [0.25, 0.3) is 5.56 Å². The summed E-state index contributed by atoms with van der Waals surface area (Å²) in [6.07, 6.45) is 1.55. The maximum atomic E-state index is 13.4. The summed E-state index contributed by atoms with van der Waals surface area (Å²) < 4.78 is 14.6. The van der Waals surface area contributed by atoms with Gasteiger partial charge in [0, 0.05) is 12.1 Å². The highest BCUT2D eigenvalue weighted by atomic mass is 19.1. The highest BCUT2D eigenvalue weighted by Crippen LogP contribution is 2.09. The molecule has 0 aliphatic rings. The van der Waals surface area contributed by atoms with E-state index in [9.17, 15) is 9.18 Å². The summed E-state index contributed by atoms with van der Waals surface area (Å²) in [5.41, 5.74) is 1.09. The highest BCUT2D eigenvalue weighted by Gasteiger charge is 2.05. The summed E-state index contributed by atoms with van der Waals surface area (Å²) >= 11 is 0. The molecule has 0 fully saturated rings. The zero-order valence-corrected chi connectivity index (χ0v) is 11.8. The SMILES string of the molecule is CC(C)Nc1cnn(Cc2cc(F)cc(C#N)c2)c(=O)c1. The van der Waals surface area contributed by atoms with Crippen LogP contribution in [0.15, 0.2) is 35.3 Å². The van der Waals surface area contributed by atoms with Crippen molar-refractivity contribution in [1.29, 1.82) is 5.26 Å². The maximum Gasteiger partial charge on any atom is 0.269 e. The fourth-order valence-corrected chi connectivity index (χ4v) is 1.94. The Kier molecular flexibility index (Phi) is 4.33. The van der Waals surface area contributed by atoms with Gasteiger partial charge in [-0.1, -0.05) is 0 Å². The Balaban J connectivity index is 2.26. The molecule has 6 heteroatoms. The summed E-state index contributed by atoms with van der Waals surface area (Å²) in [6.45, 7) is 4.04. The Hall–Kier alpha value is -2.68. The first-order valence-electron chi connectivity index (χ1n) is 6.51. The van der Waals surface area contributed by atoms with Crippen molar-refractivity contribution in [1.82, 2.24) is 9.78 Å². The number of hydrogen-bond donors (Lipinski definition) is 1. The van der Waals surface area contributed by atoms with Crippen molar-refractivity contribution in [3.8, 4) is 6.07 Å². The molecule has 1 aromatic heterocycles. The Morgan fingerprint density at radius 3 is 2.76 bits per heavy atom. The van der Waals surface area contributed by atoms with Gasteiger partial charge in [-0.2, -0.15) is 10.4 Å². The Morgan fingerprint density at radius 2 is 2.14 bits per heavy atom. The lowest BCUT2D eigenvalue weighted by atomic mass is 10.1. The Bertz CT molecular complexity index is 746. The number of nitrogens with one attached hydrogen (secondary N) is 1. The van der Waals surface area contributed by atoms with E-state index in [0.717, 1.165) is 6.07 Å². The first-order chi connectivity index (χ1) is 9.97. The molecule has 1 N–H and O–H groups in total. The third kappa shape index (κ3) is 3.89. The van der Waals surface area contributed by atoms with Gasteiger partial charge >= 0.3 is 0 Å². The van der Waals surface area contributed by atoms with Gasteiger partial charge in [-0.3, -0.25) is 4.79 Å². The number of rotatable bonds is 4. The van der Waals surface area contributed by atoms with Crippen molar-refractivity contribution in [3.63, 3.8) is 0 Å². The molecule has 0 unspecified atom stereocenters. The van der Waals surface area contributed by atoms with E-state index >= 15 is 0 Å². The summed E-state index contributed by atoms with van der Waals surface area (Å²) in [7, 11) is 0. The molecule has 1 heterocycles. The van der Waals surface area contributed by atoms with Gasteiger partial charge in [-0.05, 0) is 37.6 Å². The minimum atomic E-state index is -0.504. The van der Waals surface area contributed by atoms with Crippen molar-refractivity contribution in [3.05, 3.63) is 57.8 Å². The highest BCUT2D eigenvalue weighted by molar-refractivity contribution is 5.39. The number of nitriles is 1. The number of nitrogens with zero attached hydrogens (tertiary/aromatic N) is 3. The normalized spacial score (nSPS) is 10.4. The predicted molar refractivity (Wildman–Crippen MR) is 77.5 cm³/mol. The second-order valence-electron chi connectivity index (χ2n) is 5.00. The van der Waals surface area contributed by atoms with Crippen LogP contribution in [0.3, 0.4) is 0 Å². The van der Waals surface area contributed by atoms with Crippen LogP contribution in [0.4, 0.5) is 10.1 Å². The number of hydrogen-bond acceptors (Lipinski definition) is 4. The summed E-state index contributed by atoms with van der Waals surface area (Å²) in [5, 5.41) is 16.0. The molecule has 0 atom stereocenters. The molecule has 0 radical (unpaired) electrons. The van der Waals surface area contributed by atoms with E-state index in [1.165, 1.54) is 22.9 Å². The van der Waals surface area contributed by atoms with Crippen molar-refractivity contribution in [2.45, 2.75) is 26.4 Å². The predicted octanol–water partition coefficient (Wildman–Crippen LogP) is 2.12. The molecule has 21 heavy (non-hydrogen) atoms. The second kappa shape index (κ2) is 6.18. The Labute approximate surface area is 121 Å². The van der Waals surface area contributed by atoms with E-state index in [0.29, 0.717) is 11.3 Å². The fourth-order valence-electron chi connectivity index (χ4n) is 1.94. The van der Waals surface area contributed by atoms with Crippen LogP contribution in [0, 0.1) is 17.1 Å². The van der Waals surface area contributed by atoms with Crippen molar-refractivity contribution in [2.24, 2.45) is 0 Å². The van der Waals surface area contributed by atoms with Crippen molar-refractivity contribution in [2.75, 3.05) is 5.32 Å². The van der Waals surface area contributed by atoms with Crippen LogP contribution in [0.1, 0.15) is 25.0 Å². The standard InChI is InChI=1S/C15H15FN4O/c1-10(2)19-14-6-15(21)20(18-8-14)9-12-3-11(7-17)4-13(16)5-12/h3-6,8,10,19H,9H2,1-2H3. The van der Waals surface area contributed by atoms with E-state index < -0.39 is 5.82 Å². The molecule has 108 valence electrons. The molecule has 0 bridgehead atoms. The average Bonchev–Trinajstić information content (AvgIpc) is 2.40. The first-order valence-corrected chi connectivity index (χ1v) is 6.51. The lowest BCUT2D eigenvalue weighted by Crippen LogP contribution is -2.24. The van der Waals surface area contributed by atoms with E-state index in [4.69, 9.17) is 5.26 Å². The number of anilines is 1. The summed E-state index contributed by atoms with van der Waals surface area (Å²) in [5.74, 6) is -0.504. The average molecular weight is 286 g/mol. The monoisotopic (exact) mass is 286 g/mol. The van der Waals surface area contributed by atoms with E-state index in [1.807, 2.05) is 19.9 Å². The van der Waals surface area contributed by atoms with Crippen molar-refractivity contribution < 1.29 is 4.39 Å². The first kappa shape index (κ1) is 14.7. The molecular weight excluding hydrogens is 271 g/mol. The molecule has 1 aromatic carbocycles. The minimum absolute atomic E-state index is 0.118. The summed E-state index contributed by atoms with van der Waals surface area (Å²) in [4.78, 5) is 12.0. The van der Waals surface area contributed by atoms with Gasteiger partial charge in [0.2, 0.25) is 0 Å². The largest absolute Gasteiger partial charge is 0.381 e. The lowest BCUT2D eigenvalue weighted by molar-refractivity contribution is 0.610. The van der Waals surface area contributed by atoms with Crippen LogP contribution < -0.4 is 10.9 Å². The van der Waals surface area contributed by atoms with E-state index in [2.05, 4.69) is 10.4 Å². The van der Waals surface area contributed by atoms with Gasteiger partial charge in [0.05, 0.1) is 30.1 Å². The van der Waals surface area contributed by atoms with Gasteiger partial charge in [-0.25, -0.2) is 9.07 Å². The third-order valence-electron chi connectivity index (χ3n) is 2.74. The van der Waals surface area contributed by atoms with Crippen LogP contribution in [-0.2, 0) is 6.54 Å². The van der Waals surface area contributed by atoms with Gasteiger partial charge < -0.3 is 5.32 Å². The van der Waals surface area contributed by atoms with Gasteiger partial charge in [0.1, 0.15) is 5.82 Å². The number of benzene rings is 1. The summed E-state index contributed by atoms with van der Waals surface area (Å²) in [6, 6.07) is 7.50. The smallest absolute Gasteiger partial charge is 0.269 e. The van der Waals surface area contributed by atoms with Crippen LogP contribution in [0.5, 0.6) is 0 Å². The molecule has 0 saturated heterocycles. The fraction of sp³-hybridized carbons (Fsp3) is 0.267. The molecule has 0 aliphatic carbocycles. The molecule has 0 aliphatic heterocycles. The van der Waals surface area contributed by atoms with E-state index in [-0.39, 0.29) is 23.7 Å². The molecule has 2 rings (SSSR count). The number of halogens is 1. The number of aromatic nitrogens is 2. The zero-order valence-electron chi connectivity index (χ0n) is 11.8. The molecular formula is C15H15FN4O. The third-order valence-corrected chi connectivity index (χ3v) is 2.74. The maximum absolute atomic E-state index is 13.4. The molecule has 0 saturated carbocycles. The van der Waals surface area contributed by atoms with Crippen LogP contribution in [0.25, 0.3) is 0 Å². The van der Waals surface area contributed by atoms with Gasteiger partial charge in [-0.15, -0.1) is 0 Å². The topological polar surface area (TPSA) is 70.7 Å². The zero-order chi connectivity index (χ0) is 15.4. The lowest BCUT2D eigenvalue weighted by Gasteiger charge is -2.10. The minimum Gasteiger partial charge on any atom is -0.381 e. The van der Waals surface area contributed by atoms with Crippen LogP contribution in [-0.4, -0.2) is 15.8 Å². The van der Waals surface area contributed by atoms with Crippen molar-refractivity contribution >= 4 is 5.69 Å². The van der Waals surface area contributed by atoms with Crippen LogP contribution >= 0.6 is 0 Å². The molecule has 0 amide bonds.